The van der Waals surface area contributed by atoms with Gasteiger partial charge in [-0.25, -0.2) is 8.42 Å². The summed E-state index contributed by atoms with van der Waals surface area (Å²) >= 11 is 0. The van der Waals surface area contributed by atoms with E-state index in [1.165, 1.54) is 0 Å². The molecule has 6 heteroatoms. The molecule has 1 rings (SSSR count). The number of nitrogens with one attached hydrogen (secondary N) is 2. The van der Waals surface area contributed by atoms with Crippen LogP contribution in [0.5, 0.6) is 0 Å². The van der Waals surface area contributed by atoms with E-state index < -0.39 is 15.4 Å². The SMILES string of the molecule is CCC(CC)NC(=O)CNC1(C)CCS(=O)(=O)C1. The third-order valence-electron chi connectivity index (χ3n) is 3.53. The second-order valence-electron chi connectivity index (χ2n) is 5.34. The van der Waals surface area contributed by atoms with Crippen LogP contribution in [0.1, 0.15) is 40.0 Å². The molecule has 0 radical (unpaired) electrons. The zero-order chi connectivity index (χ0) is 13.8. The van der Waals surface area contributed by atoms with E-state index in [2.05, 4.69) is 10.6 Å². The Labute approximate surface area is 110 Å². The van der Waals surface area contributed by atoms with Crippen molar-refractivity contribution in [2.75, 3.05) is 18.1 Å². The van der Waals surface area contributed by atoms with Crippen LogP contribution in [0.3, 0.4) is 0 Å². The number of hydrogen-bond donors (Lipinski definition) is 2. The summed E-state index contributed by atoms with van der Waals surface area (Å²) < 4.78 is 22.8. The van der Waals surface area contributed by atoms with Crippen molar-refractivity contribution in [2.45, 2.75) is 51.6 Å². The lowest BCUT2D eigenvalue weighted by Gasteiger charge is -2.24. The van der Waals surface area contributed by atoms with Gasteiger partial charge in [0.2, 0.25) is 5.91 Å². The summed E-state index contributed by atoms with van der Waals surface area (Å²) in [5.41, 5.74) is -0.454. The first kappa shape index (κ1) is 15.4. The average molecular weight is 276 g/mol. The lowest BCUT2D eigenvalue weighted by atomic mass is 10.0. The van der Waals surface area contributed by atoms with Gasteiger partial charge in [0.1, 0.15) is 0 Å². The highest BCUT2D eigenvalue weighted by Crippen LogP contribution is 2.22. The Morgan fingerprint density at radius 2 is 1.94 bits per heavy atom. The zero-order valence-corrected chi connectivity index (χ0v) is 12.3. The number of rotatable bonds is 6. The van der Waals surface area contributed by atoms with Crippen LogP contribution in [-0.4, -0.2) is 44.0 Å². The Bertz CT molecular complexity index is 390. The van der Waals surface area contributed by atoms with Crippen LogP contribution in [0.4, 0.5) is 0 Å². The van der Waals surface area contributed by atoms with E-state index in [0.29, 0.717) is 6.42 Å². The summed E-state index contributed by atoms with van der Waals surface area (Å²) in [6.45, 7) is 6.12. The molecule has 5 nitrogen and oxygen atoms in total. The summed E-state index contributed by atoms with van der Waals surface area (Å²) in [5.74, 6) is 0.275. The molecule has 0 aromatic carbocycles. The van der Waals surface area contributed by atoms with Gasteiger partial charge in [-0.1, -0.05) is 13.8 Å². The van der Waals surface area contributed by atoms with Crippen LogP contribution < -0.4 is 10.6 Å². The molecule has 1 aliphatic rings. The molecule has 0 aliphatic carbocycles. The molecule has 0 aromatic rings. The molecule has 1 saturated heterocycles. The Hall–Kier alpha value is -0.620. The van der Waals surface area contributed by atoms with Crippen molar-refractivity contribution in [3.63, 3.8) is 0 Å². The van der Waals surface area contributed by atoms with Gasteiger partial charge < -0.3 is 10.6 Å². The van der Waals surface area contributed by atoms with Gasteiger partial charge in [-0.05, 0) is 26.2 Å². The molecular formula is C12H24N2O3S. The van der Waals surface area contributed by atoms with Gasteiger partial charge in [-0.2, -0.15) is 0 Å². The zero-order valence-electron chi connectivity index (χ0n) is 11.5. The maximum absolute atomic E-state index is 11.7. The minimum atomic E-state index is -2.93. The van der Waals surface area contributed by atoms with Crippen molar-refractivity contribution in [2.24, 2.45) is 0 Å². The molecule has 0 aromatic heterocycles. The first-order valence-electron chi connectivity index (χ1n) is 6.55. The number of amides is 1. The number of sulfone groups is 1. The minimum absolute atomic E-state index is 0.0609. The maximum atomic E-state index is 11.7. The van der Waals surface area contributed by atoms with E-state index in [1.807, 2.05) is 20.8 Å². The lowest BCUT2D eigenvalue weighted by molar-refractivity contribution is -0.121. The minimum Gasteiger partial charge on any atom is -0.352 e. The number of carbonyl (C=O) groups is 1. The van der Waals surface area contributed by atoms with Crippen molar-refractivity contribution >= 4 is 15.7 Å². The summed E-state index contributed by atoms with van der Waals surface area (Å²) in [7, 11) is -2.93. The fraction of sp³-hybridized carbons (Fsp3) is 0.917. The second-order valence-corrected chi connectivity index (χ2v) is 7.52. The highest BCUT2D eigenvalue weighted by molar-refractivity contribution is 7.91. The monoisotopic (exact) mass is 276 g/mol. The van der Waals surface area contributed by atoms with Crippen molar-refractivity contribution in [3.8, 4) is 0 Å². The molecule has 1 unspecified atom stereocenters. The van der Waals surface area contributed by atoms with Crippen molar-refractivity contribution < 1.29 is 13.2 Å². The van der Waals surface area contributed by atoms with Gasteiger partial charge in [0.05, 0.1) is 18.1 Å². The van der Waals surface area contributed by atoms with E-state index in [9.17, 15) is 13.2 Å². The third kappa shape index (κ3) is 4.57. The van der Waals surface area contributed by atoms with Gasteiger partial charge >= 0.3 is 0 Å². The molecule has 2 N–H and O–H groups in total. The third-order valence-corrected chi connectivity index (χ3v) is 5.43. The molecule has 1 fully saturated rings. The van der Waals surface area contributed by atoms with E-state index >= 15 is 0 Å². The first-order valence-corrected chi connectivity index (χ1v) is 8.37. The fourth-order valence-corrected chi connectivity index (χ4v) is 4.34. The van der Waals surface area contributed by atoms with Gasteiger partial charge in [0.15, 0.2) is 9.84 Å². The normalized spacial score (nSPS) is 26.4. The summed E-state index contributed by atoms with van der Waals surface area (Å²) in [6, 6.07) is 0.208. The van der Waals surface area contributed by atoms with Crippen LogP contribution in [0.2, 0.25) is 0 Å². The summed E-state index contributed by atoms with van der Waals surface area (Å²) in [6.07, 6.45) is 2.40. The molecule has 0 spiro atoms. The van der Waals surface area contributed by atoms with Gasteiger partial charge in [-0.3, -0.25) is 4.79 Å². The largest absolute Gasteiger partial charge is 0.352 e. The Kier molecular flexibility index (Phi) is 5.16. The first-order chi connectivity index (χ1) is 8.30. The topological polar surface area (TPSA) is 75.3 Å². The maximum Gasteiger partial charge on any atom is 0.234 e. The molecule has 1 aliphatic heterocycles. The predicted molar refractivity (Wildman–Crippen MR) is 72.2 cm³/mol. The summed E-state index contributed by atoms with van der Waals surface area (Å²) in [4.78, 5) is 11.7. The van der Waals surface area contributed by atoms with E-state index in [0.717, 1.165) is 12.8 Å². The predicted octanol–water partition coefficient (Wildman–Crippen LogP) is 0.458. The van der Waals surface area contributed by atoms with Gasteiger partial charge in [0.25, 0.3) is 0 Å². The van der Waals surface area contributed by atoms with Gasteiger partial charge in [-0.15, -0.1) is 0 Å². The van der Waals surface area contributed by atoms with E-state index in [4.69, 9.17) is 0 Å². The molecular weight excluding hydrogens is 252 g/mol. The molecule has 106 valence electrons. The standard InChI is InChI=1S/C12H24N2O3S/c1-4-10(5-2)14-11(15)8-13-12(3)6-7-18(16,17)9-12/h10,13H,4-9H2,1-3H3,(H,14,15). The van der Waals surface area contributed by atoms with Crippen LogP contribution in [-0.2, 0) is 14.6 Å². The smallest absolute Gasteiger partial charge is 0.234 e. The fourth-order valence-electron chi connectivity index (χ4n) is 2.22. The second kappa shape index (κ2) is 6.02. The summed E-state index contributed by atoms with van der Waals surface area (Å²) in [5, 5.41) is 6.00. The van der Waals surface area contributed by atoms with Crippen molar-refractivity contribution in [1.29, 1.82) is 0 Å². The lowest BCUT2D eigenvalue weighted by Crippen LogP contribution is -2.49. The molecule has 1 amide bonds. The highest BCUT2D eigenvalue weighted by Gasteiger charge is 2.38. The molecule has 0 bridgehead atoms. The Balaban J connectivity index is 2.39. The van der Waals surface area contributed by atoms with Crippen LogP contribution >= 0.6 is 0 Å². The number of carbonyl (C=O) groups excluding carboxylic acids is 1. The van der Waals surface area contributed by atoms with Crippen LogP contribution in [0.15, 0.2) is 0 Å². The highest BCUT2D eigenvalue weighted by atomic mass is 32.2. The Morgan fingerprint density at radius 1 is 1.33 bits per heavy atom. The average Bonchev–Trinajstić information content (AvgIpc) is 2.58. The van der Waals surface area contributed by atoms with Gasteiger partial charge in [0, 0.05) is 11.6 Å². The van der Waals surface area contributed by atoms with Crippen LogP contribution in [0, 0.1) is 0 Å². The van der Waals surface area contributed by atoms with E-state index in [1.54, 1.807) is 0 Å². The van der Waals surface area contributed by atoms with Crippen molar-refractivity contribution in [3.05, 3.63) is 0 Å². The number of hydrogen-bond acceptors (Lipinski definition) is 4. The quantitative estimate of drug-likeness (QED) is 0.739. The van der Waals surface area contributed by atoms with E-state index in [-0.39, 0.29) is 30.0 Å². The Morgan fingerprint density at radius 3 is 2.39 bits per heavy atom. The molecule has 0 saturated carbocycles. The molecule has 1 heterocycles. The molecule has 1 atom stereocenters. The van der Waals surface area contributed by atoms with Crippen molar-refractivity contribution in [1.82, 2.24) is 10.6 Å². The van der Waals surface area contributed by atoms with Crippen LogP contribution in [0.25, 0.3) is 0 Å². The molecule has 18 heavy (non-hydrogen) atoms.